The first-order chi connectivity index (χ1) is 10.6. The van der Waals surface area contributed by atoms with Crippen molar-refractivity contribution in [2.45, 2.75) is 20.8 Å². The Morgan fingerprint density at radius 3 is 2.55 bits per heavy atom. The molecular formula is C17H23N2O3. The lowest BCUT2D eigenvalue weighted by Gasteiger charge is -2.18. The van der Waals surface area contributed by atoms with Gasteiger partial charge >= 0.3 is 5.97 Å². The van der Waals surface area contributed by atoms with Crippen molar-refractivity contribution in [2.75, 3.05) is 26.4 Å². The van der Waals surface area contributed by atoms with Crippen molar-refractivity contribution in [3.8, 4) is 6.07 Å². The average molecular weight is 303 g/mol. The minimum absolute atomic E-state index is 0.0176. The zero-order valence-corrected chi connectivity index (χ0v) is 13.4. The Bertz CT molecular complexity index is 418. The molecular weight excluding hydrogens is 280 g/mol. The van der Waals surface area contributed by atoms with Crippen molar-refractivity contribution in [3.05, 3.63) is 42.9 Å². The summed E-state index contributed by atoms with van der Waals surface area (Å²) in [6.07, 6.45) is 7.86. The normalized spacial score (nSPS) is 16.3. The molecule has 0 unspecified atom stereocenters. The monoisotopic (exact) mass is 303 g/mol. The molecule has 0 bridgehead atoms. The van der Waals surface area contributed by atoms with Gasteiger partial charge in [-0.1, -0.05) is 13.8 Å². The largest absolute Gasteiger partial charge is 0.459 e. The van der Waals surface area contributed by atoms with Gasteiger partial charge in [0.1, 0.15) is 12.7 Å². The van der Waals surface area contributed by atoms with Gasteiger partial charge in [0.2, 0.25) is 0 Å². The van der Waals surface area contributed by atoms with Gasteiger partial charge in [-0.25, -0.2) is 4.79 Å². The van der Waals surface area contributed by atoms with E-state index in [2.05, 4.69) is 5.32 Å². The maximum Gasteiger partial charge on any atom is 0.350 e. The van der Waals surface area contributed by atoms with E-state index in [-0.39, 0.29) is 18.1 Å². The minimum Gasteiger partial charge on any atom is -0.459 e. The van der Waals surface area contributed by atoms with Gasteiger partial charge in [0.15, 0.2) is 5.57 Å². The van der Waals surface area contributed by atoms with Crippen LogP contribution in [0.15, 0.2) is 11.3 Å². The third-order valence-corrected chi connectivity index (χ3v) is 3.04. The minimum atomic E-state index is -0.610. The highest BCUT2D eigenvalue weighted by molar-refractivity contribution is 5.93. The van der Waals surface area contributed by atoms with Crippen molar-refractivity contribution in [1.82, 2.24) is 5.32 Å². The van der Waals surface area contributed by atoms with Crippen molar-refractivity contribution in [1.29, 1.82) is 5.26 Å². The van der Waals surface area contributed by atoms with E-state index in [0.29, 0.717) is 25.5 Å². The Hall–Kier alpha value is -1.54. The summed E-state index contributed by atoms with van der Waals surface area (Å²) in [7, 11) is 0. The van der Waals surface area contributed by atoms with Gasteiger partial charge < -0.3 is 14.8 Å². The zero-order valence-electron chi connectivity index (χ0n) is 13.4. The number of nitrogens with zero attached hydrogens (tertiary/aromatic N) is 1. The molecule has 0 spiro atoms. The van der Waals surface area contributed by atoms with Crippen molar-refractivity contribution in [3.63, 3.8) is 0 Å². The number of hydrogen-bond donors (Lipinski definition) is 1. The van der Waals surface area contributed by atoms with Crippen LogP contribution in [-0.2, 0) is 14.3 Å². The molecule has 0 heterocycles. The first-order valence-electron chi connectivity index (χ1n) is 7.43. The van der Waals surface area contributed by atoms with Crippen molar-refractivity contribution in [2.24, 2.45) is 5.92 Å². The maximum absolute atomic E-state index is 12.0. The molecule has 119 valence electrons. The average Bonchev–Trinajstić information content (AvgIpc) is 3.00. The summed E-state index contributed by atoms with van der Waals surface area (Å²) < 4.78 is 10.2. The summed E-state index contributed by atoms with van der Waals surface area (Å²) in [6.45, 7) is 7.34. The number of carbonyl (C=O) groups excluding carboxylic acids is 1. The van der Waals surface area contributed by atoms with Gasteiger partial charge in [-0.3, -0.25) is 0 Å². The van der Waals surface area contributed by atoms with Crippen LogP contribution in [0.3, 0.4) is 0 Å². The number of nitriles is 1. The number of hydrogen-bond acceptors (Lipinski definition) is 5. The molecule has 0 aromatic carbocycles. The van der Waals surface area contributed by atoms with Crippen molar-refractivity contribution >= 4 is 5.97 Å². The molecule has 1 N–H and O–H groups in total. The Kier molecular flexibility index (Phi) is 8.61. The van der Waals surface area contributed by atoms with Gasteiger partial charge in [0.05, 0.1) is 6.61 Å². The molecule has 1 aliphatic rings. The summed E-state index contributed by atoms with van der Waals surface area (Å²) >= 11 is 0. The molecule has 0 saturated heterocycles. The zero-order chi connectivity index (χ0) is 16.4. The van der Waals surface area contributed by atoms with Crippen molar-refractivity contribution < 1.29 is 14.3 Å². The topological polar surface area (TPSA) is 71.3 Å². The fourth-order valence-electron chi connectivity index (χ4n) is 1.94. The Morgan fingerprint density at radius 2 is 2.00 bits per heavy atom. The number of ether oxygens (including phenoxy) is 2. The van der Waals surface area contributed by atoms with Gasteiger partial charge in [0, 0.05) is 24.8 Å². The van der Waals surface area contributed by atoms with E-state index in [1.54, 1.807) is 0 Å². The molecule has 0 amide bonds. The van der Waals surface area contributed by atoms with Crippen LogP contribution in [0.1, 0.15) is 20.8 Å². The number of nitrogens with one attached hydrogen (secondary N) is 1. The summed E-state index contributed by atoms with van der Waals surface area (Å²) in [5.41, 5.74) is 0.628. The third kappa shape index (κ3) is 6.07. The summed E-state index contributed by atoms with van der Waals surface area (Å²) in [5, 5.41) is 12.5. The summed E-state index contributed by atoms with van der Waals surface area (Å²) in [6, 6.07) is 1.96. The SMILES string of the molecule is CCOCCOC(=O)/C(C#N)=C(\NC[C]1[CH][CH][CH][CH]1)C(C)C. The molecule has 5 radical (unpaired) electrons. The van der Waals surface area contributed by atoms with E-state index in [1.165, 1.54) is 0 Å². The molecule has 0 atom stereocenters. The van der Waals surface area contributed by atoms with Crippen LogP contribution in [0.4, 0.5) is 0 Å². The molecule has 0 aromatic heterocycles. The smallest absolute Gasteiger partial charge is 0.350 e. The molecule has 1 aliphatic carbocycles. The highest BCUT2D eigenvalue weighted by Crippen LogP contribution is 2.23. The standard InChI is InChI=1S/C17H23N2O3/c1-4-21-9-10-22-17(20)15(11-18)16(13(2)3)19-12-14-7-5-6-8-14/h5-8,13,19H,4,9-10,12H2,1-3H3/b16-15-. The van der Waals surface area contributed by atoms with E-state index < -0.39 is 5.97 Å². The molecule has 1 fully saturated rings. The van der Waals surface area contributed by atoms with Crippen LogP contribution < -0.4 is 5.32 Å². The van der Waals surface area contributed by atoms with Gasteiger partial charge in [-0.2, -0.15) is 5.26 Å². The first kappa shape index (κ1) is 18.5. The fraction of sp³-hybridized carbons (Fsp3) is 0.471. The molecule has 0 aliphatic heterocycles. The summed E-state index contributed by atoms with van der Waals surface area (Å²) in [4.78, 5) is 12.0. The fourth-order valence-corrected chi connectivity index (χ4v) is 1.94. The second kappa shape index (κ2) is 10.2. The highest BCUT2D eigenvalue weighted by Gasteiger charge is 2.22. The number of rotatable bonds is 9. The highest BCUT2D eigenvalue weighted by atomic mass is 16.6. The van der Waals surface area contributed by atoms with Crippen LogP contribution in [0, 0.1) is 48.9 Å². The Labute approximate surface area is 133 Å². The number of esters is 1. The molecule has 5 nitrogen and oxygen atoms in total. The molecule has 1 saturated carbocycles. The van der Waals surface area contributed by atoms with Crippen LogP contribution in [0.2, 0.25) is 0 Å². The van der Waals surface area contributed by atoms with Crippen LogP contribution >= 0.6 is 0 Å². The van der Waals surface area contributed by atoms with Crippen LogP contribution in [0.5, 0.6) is 0 Å². The van der Waals surface area contributed by atoms with E-state index in [1.807, 2.05) is 52.5 Å². The lowest BCUT2D eigenvalue weighted by atomic mass is 10.0. The van der Waals surface area contributed by atoms with Gasteiger partial charge in [0.25, 0.3) is 0 Å². The third-order valence-electron chi connectivity index (χ3n) is 3.04. The van der Waals surface area contributed by atoms with Crippen LogP contribution in [0.25, 0.3) is 0 Å². The van der Waals surface area contributed by atoms with E-state index in [0.717, 1.165) is 5.92 Å². The van der Waals surface area contributed by atoms with E-state index >= 15 is 0 Å². The number of allylic oxidation sites excluding steroid dienone is 1. The van der Waals surface area contributed by atoms with Gasteiger partial charge in [-0.05, 0) is 38.5 Å². The predicted octanol–water partition coefficient (Wildman–Crippen LogP) is 1.99. The molecule has 22 heavy (non-hydrogen) atoms. The molecule has 1 rings (SSSR count). The number of carbonyl (C=O) groups is 1. The Morgan fingerprint density at radius 1 is 1.32 bits per heavy atom. The summed E-state index contributed by atoms with van der Waals surface area (Å²) in [5.74, 6) is 0.505. The van der Waals surface area contributed by atoms with E-state index in [4.69, 9.17) is 9.47 Å². The lowest BCUT2D eigenvalue weighted by molar-refractivity contribution is -0.140. The first-order valence-corrected chi connectivity index (χ1v) is 7.43. The van der Waals surface area contributed by atoms with E-state index in [9.17, 15) is 10.1 Å². The van der Waals surface area contributed by atoms with Crippen LogP contribution in [-0.4, -0.2) is 32.3 Å². The Balaban J connectivity index is 2.65. The quantitative estimate of drug-likeness (QED) is 0.305. The lowest BCUT2D eigenvalue weighted by Crippen LogP contribution is -2.27. The predicted molar refractivity (Wildman–Crippen MR) is 83.4 cm³/mol. The molecule has 5 heteroatoms. The second-order valence-corrected chi connectivity index (χ2v) is 5.03. The van der Waals surface area contributed by atoms with Gasteiger partial charge in [-0.15, -0.1) is 0 Å². The maximum atomic E-state index is 12.0. The molecule has 0 aromatic rings. The second-order valence-electron chi connectivity index (χ2n) is 5.03.